The number of hydrogen-bond donors (Lipinski definition) is 5. The Kier molecular flexibility index (Phi) is 3.01. The predicted molar refractivity (Wildman–Crippen MR) is 85.7 cm³/mol. The van der Waals surface area contributed by atoms with Crippen LogP contribution < -0.4 is 16.3 Å². The molecule has 0 radical (unpaired) electrons. The maximum atomic E-state index is 4.32. The first-order valence-corrected chi connectivity index (χ1v) is 7.44. The standard InChI is InChI=1S/C14H13N7S/c1-8-18-20-12(21-19-8)7-9-2-3-11-10(6-9)17-13-14(22-11)16-5-4-15-13/h2-7,18-21H,1H2,(H,15,17). The van der Waals surface area contributed by atoms with Gasteiger partial charge >= 0.3 is 0 Å². The number of fused-ring (bicyclic) bond motifs is 2. The predicted octanol–water partition coefficient (Wildman–Crippen LogP) is 1.36. The van der Waals surface area contributed by atoms with E-state index in [1.807, 2.05) is 6.08 Å². The molecule has 8 heteroatoms. The fraction of sp³-hybridized carbons (Fsp3) is 0. The second kappa shape index (κ2) is 5.15. The molecule has 0 unspecified atom stereocenters. The van der Waals surface area contributed by atoms with Gasteiger partial charge in [-0.15, -0.1) is 0 Å². The van der Waals surface area contributed by atoms with Gasteiger partial charge in [0.25, 0.3) is 0 Å². The second-order valence-corrected chi connectivity index (χ2v) is 5.76. The highest BCUT2D eigenvalue weighted by Crippen LogP contribution is 2.41. The Bertz CT molecular complexity index is 950. The van der Waals surface area contributed by atoms with E-state index in [9.17, 15) is 0 Å². The summed E-state index contributed by atoms with van der Waals surface area (Å²) in [6.07, 6.45) is 5.36. The molecule has 0 aliphatic carbocycles. The topological polar surface area (TPSA) is 101 Å². The van der Waals surface area contributed by atoms with E-state index >= 15 is 0 Å². The van der Waals surface area contributed by atoms with Crippen LogP contribution in [0.25, 0.3) is 12.7 Å². The third-order valence-corrected chi connectivity index (χ3v) is 4.20. The number of aromatic amines is 4. The third-order valence-electron chi connectivity index (χ3n) is 3.14. The van der Waals surface area contributed by atoms with E-state index in [2.05, 4.69) is 60.5 Å². The molecule has 2 aromatic heterocycles. The molecular weight excluding hydrogens is 298 g/mol. The monoisotopic (exact) mass is 311 g/mol. The van der Waals surface area contributed by atoms with E-state index in [0.717, 1.165) is 32.5 Å². The van der Waals surface area contributed by atoms with Crippen molar-refractivity contribution in [1.29, 1.82) is 0 Å². The molecule has 22 heavy (non-hydrogen) atoms. The van der Waals surface area contributed by atoms with Crippen LogP contribution in [-0.4, -0.2) is 30.4 Å². The van der Waals surface area contributed by atoms with Crippen molar-refractivity contribution < 1.29 is 0 Å². The molecule has 1 aliphatic rings. The molecule has 110 valence electrons. The molecule has 3 heterocycles. The second-order valence-electron chi connectivity index (χ2n) is 4.73. The van der Waals surface area contributed by atoms with E-state index in [0.29, 0.717) is 5.48 Å². The lowest BCUT2D eigenvalue weighted by Crippen LogP contribution is -2.25. The fourth-order valence-corrected chi connectivity index (χ4v) is 3.01. The summed E-state index contributed by atoms with van der Waals surface area (Å²) in [6.45, 7) is 3.73. The van der Waals surface area contributed by atoms with Crippen LogP contribution in [0.15, 0.2) is 40.5 Å². The van der Waals surface area contributed by atoms with Crippen LogP contribution in [-0.2, 0) is 0 Å². The van der Waals surface area contributed by atoms with Crippen LogP contribution in [0.4, 0.5) is 11.5 Å². The summed E-state index contributed by atoms with van der Waals surface area (Å²) in [7, 11) is 0. The molecule has 0 saturated carbocycles. The lowest BCUT2D eigenvalue weighted by molar-refractivity contribution is 0.781. The van der Waals surface area contributed by atoms with Crippen LogP contribution in [0, 0.1) is 0 Å². The zero-order valence-electron chi connectivity index (χ0n) is 11.5. The highest BCUT2D eigenvalue weighted by atomic mass is 32.2. The Morgan fingerprint density at radius 3 is 2.73 bits per heavy atom. The van der Waals surface area contributed by atoms with Crippen LogP contribution in [0.5, 0.6) is 0 Å². The van der Waals surface area contributed by atoms with Crippen LogP contribution in [0.1, 0.15) is 5.56 Å². The number of aromatic nitrogens is 6. The fourth-order valence-electron chi connectivity index (χ4n) is 2.13. The zero-order valence-corrected chi connectivity index (χ0v) is 12.3. The van der Waals surface area contributed by atoms with Crippen molar-refractivity contribution in [2.45, 2.75) is 9.92 Å². The molecule has 0 amide bonds. The zero-order chi connectivity index (χ0) is 14.9. The van der Waals surface area contributed by atoms with Gasteiger partial charge in [0.15, 0.2) is 5.82 Å². The first-order chi connectivity index (χ1) is 10.8. The van der Waals surface area contributed by atoms with Crippen LogP contribution in [0.2, 0.25) is 0 Å². The van der Waals surface area contributed by atoms with Gasteiger partial charge in [0, 0.05) is 17.3 Å². The highest BCUT2D eigenvalue weighted by Gasteiger charge is 2.17. The minimum absolute atomic E-state index is 0.663. The minimum atomic E-state index is 0.663. The number of benzene rings is 1. The van der Waals surface area contributed by atoms with Gasteiger partial charge in [0.05, 0.1) is 5.69 Å². The summed E-state index contributed by atoms with van der Waals surface area (Å²) < 4.78 is 0. The van der Waals surface area contributed by atoms with Crippen molar-refractivity contribution in [2.24, 2.45) is 0 Å². The molecule has 1 aliphatic heterocycles. The maximum Gasteiger partial charge on any atom is 0.163 e. The molecular formula is C14H13N7S. The van der Waals surface area contributed by atoms with E-state index in [4.69, 9.17) is 0 Å². The molecule has 4 rings (SSSR count). The quantitative estimate of drug-likeness (QED) is 0.366. The number of nitrogens with one attached hydrogen (secondary N) is 5. The van der Waals surface area contributed by atoms with E-state index in [1.165, 1.54) is 0 Å². The van der Waals surface area contributed by atoms with E-state index < -0.39 is 0 Å². The molecule has 7 nitrogen and oxygen atoms in total. The summed E-state index contributed by atoms with van der Waals surface area (Å²) in [5.41, 5.74) is 3.53. The number of hydrogen-bond acceptors (Lipinski definition) is 4. The first-order valence-electron chi connectivity index (χ1n) is 6.62. The minimum Gasteiger partial charge on any atom is -0.337 e. The molecule has 0 spiro atoms. The molecule has 0 saturated heterocycles. The van der Waals surface area contributed by atoms with Crippen molar-refractivity contribution >= 4 is 35.9 Å². The molecule has 3 aromatic rings. The van der Waals surface area contributed by atoms with Gasteiger partial charge in [0.1, 0.15) is 16.0 Å². The number of anilines is 2. The first kappa shape index (κ1) is 12.8. The summed E-state index contributed by atoms with van der Waals surface area (Å²) >= 11 is 1.61. The van der Waals surface area contributed by atoms with Gasteiger partial charge < -0.3 is 5.32 Å². The molecule has 1 aromatic carbocycles. The largest absolute Gasteiger partial charge is 0.337 e. The van der Waals surface area contributed by atoms with Crippen LogP contribution in [0.3, 0.4) is 0 Å². The molecule has 0 atom stereocenters. The Hall–Kier alpha value is -2.87. The summed E-state index contributed by atoms with van der Waals surface area (Å²) in [6, 6.07) is 6.19. The number of H-pyrrole nitrogens is 4. The Morgan fingerprint density at radius 1 is 1.05 bits per heavy atom. The Morgan fingerprint density at radius 2 is 1.86 bits per heavy atom. The van der Waals surface area contributed by atoms with Gasteiger partial charge in [-0.2, -0.15) is 0 Å². The molecule has 0 fully saturated rings. The van der Waals surface area contributed by atoms with Gasteiger partial charge in [-0.05, 0) is 23.8 Å². The summed E-state index contributed by atoms with van der Waals surface area (Å²) in [5, 5.41) is 16.0. The molecule has 0 bridgehead atoms. The Balaban J connectivity index is 1.73. The van der Waals surface area contributed by atoms with Gasteiger partial charge in [-0.3, -0.25) is 20.4 Å². The van der Waals surface area contributed by atoms with E-state index in [-0.39, 0.29) is 0 Å². The van der Waals surface area contributed by atoms with Crippen molar-refractivity contribution in [3.05, 3.63) is 47.1 Å². The average Bonchev–Trinajstić information content (AvgIpc) is 2.55. The van der Waals surface area contributed by atoms with Gasteiger partial charge in [0.2, 0.25) is 0 Å². The van der Waals surface area contributed by atoms with Crippen molar-refractivity contribution in [2.75, 3.05) is 5.32 Å². The normalized spacial score (nSPS) is 12.0. The van der Waals surface area contributed by atoms with Crippen LogP contribution >= 0.6 is 11.8 Å². The Labute approximate surface area is 129 Å². The SMILES string of the molecule is C=c1[nH][nH]c(=Cc2ccc3c(c2)Nc2nccnc2S3)[nH][nH]1. The highest BCUT2D eigenvalue weighted by molar-refractivity contribution is 7.99. The lowest BCUT2D eigenvalue weighted by atomic mass is 10.2. The number of nitrogens with zero attached hydrogens (tertiary/aromatic N) is 2. The smallest absolute Gasteiger partial charge is 0.163 e. The maximum absolute atomic E-state index is 4.32. The summed E-state index contributed by atoms with van der Waals surface area (Å²) in [4.78, 5) is 9.76. The third kappa shape index (κ3) is 2.40. The lowest BCUT2D eigenvalue weighted by Gasteiger charge is -2.18. The average molecular weight is 311 g/mol. The van der Waals surface area contributed by atoms with Crippen molar-refractivity contribution in [1.82, 2.24) is 30.4 Å². The number of rotatable bonds is 1. The van der Waals surface area contributed by atoms with E-state index in [1.54, 1.807) is 24.2 Å². The van der Waals surface area contributed by atoms with Crippen molar-refractivity contribution in [3.63, 3.8) is 0 Å². The van der Waals surface area contributed by atoms with Gasteiger partial charge in [-0.1, -0.05) is 24.4 Å². The summed E-state index contributed by atoms with van der Waals surface area (Å²) in [5.74, 6) is 0.790. The molecule has 5 N–H and O–H groups in total. The van der Waals surface area contributed by atoms with Gasteiger partial charge in [-0.25, -0.2) is 9.97 Å². The van der Waals surface area contributed by atoms with Crippen molar-refractivity contribution in [3.8, 4) is 0 Å².